The van der Waals surface area contributed by atoms with Crippen molar-refractivity contribution in [2.75, 3.05) is 32.7 Å². The van der Waals surface area contributed by atoms with Gasteiger partial charge in [0.15, 0.2) is 0 Å². The van der Waals surface area contributed by atoms with Crippen LogP contribution >= 0.6 is 27.3 Å². The lowest BCUT2D eigenvalue weighted by molar-refractivity contribution is -0.135. The van der Waals surface area contributed by atoms with Crippen LogP contribution in [0.4, 0.5) is 0 Å². The van der Waals surface area contributed by atoms with Gasteiger partial charge in [-0.05, 0) is 66.6 Å². The fourth-order valence-electron chi connectivity index (χ4n) is 5.34. The number of hydrogen-bond donors (Lipinski definition) is 0. The molecule has 3 heterocycles. The minimum atomic E-state index is -0.0313. The Labute approximate surface area is 219 Å². The minimum absolute atomic E-state index is 0.0199. The van der Waals surface area contributed by atoms with Crippen molar-refractivity contribution in [2.45, 2.75) is 32.4 Å². The summed E-state index contributed by atoms with van der Waals surface area (Å²) in [5, 5.41) is 2.17. The number of nitrogens with zero attached hydrogens (tertiary/aromatic N) is 3. The molecular weight excluding hydrogens is 522 g/mol. The molecule has 0 bridgehead atoms. The summed E-state index contributed by atoms with van der Waals surface area (Å²) in [7, 11) is 0. The van der Waals surface area contributed by atoms with Gasteiger partial charge < -0.3 is 9.80 Å². The Morgan fingerprint density at radius 1 is 1.03 bits per heavy atom. The molecule has 1 aromatic heterocycles. The molecule has 3 aromatic rings. The molecule has 2 atom stereocenters. The molecule has 0 aliphatic carbocycles. The molecule has 2 aliphatic heterocycles. The molecule has 0 radical (unpaired) electrons. The van der Waals surface area contributed by atoms with E-state index in [0.29, 0.717) is 31.7 Å². The van der Waals surface area contributed by atoms with Gasteiger partial charge in [0.05, 0.1) is 12.6 Å². The van der Waals surface area contributed by atoms with Crippen molar-refractivity contribution in [3.63, 3.8) is 0 Å². The molecule has 1 saturated heterocycles. The number of halogens is 1. The van der Waals surface area contributed by atoms with Crippen molar-refractivity contribution in [2.24, 2.45) is 0 Å². The van der Waals surface area contributed by atoms with Gasteiger partial charge >= 0.3 is 0 Å². The van der Waals surface area contributed by atoms with Crippen molar-refractivity contribution in [1.82, 2.24) is 14.7 Å². The van der Waals surface area contributed by atoms with E-state index in [1.54, 1.807) is 0 Å². The first-order valence-corrected chi connectivity index (χ1v) is 13.8. The number of benzene rings is 2. The normalized spacial score (nSPS) is 20.5. The van der Waals surface area contributed by atoms with Crippen LogP contribution in [0.3, 0.4) is 0 Å². The van der Waals surface area contributed by atoms with Crippen LogP contribution in [-0.4, -0.2) is 65.3 Å². The van der Waals surface area contributed by atoms with E-state index >= 15 is 0 Å². The van der Waals surface area contributed by atoms with Crippen LogP contribution in [0.2, 0.25) is 0 Å². The number of amides is 2. The summed E-state index contributed by atoms with van der Waals surface area (Å²) >= 11 is 5.27. The molecule has 7 heteroatoms. The topological polar surface area (TPSA) is 43.9 Å². The average molecular weight is 553 g/mol. The molecule has 2 aliphatic rings. The molecular formula is C28H30BrN3O2S. The van der Waals surface area contributed by atoms with Gasteiger partial charge in [-0.1, -0.05) is 46.3 Å². The van der Waals surface area contributed by atoms with E-state index in [9.17, 15) is 9.59 Å². The number of thiophene rings is 1. The SMILES string of the molecule is Cc1ccccc1C1c2ccsc2CCN1CC(=O)N1CCN(C(=O)c2cccc(Br)c2)C(C)C1. The predicted molar refractivity (Wildman–Crippen MR) is 144 cm³/mol. The van der Waals surface area contributed by atoms with E-state index in [1.807, 2.05) is 52.3 Å². The van der Waals surface area contributed by atoms with Crippen molar-refractivity contribution in [3.8, 4) is 0 Å². The van der Waals surface area contributed by atoms with Crippen molar-refractivity contribution < 1.29 is 9.59 Å². The third kappa shape index (κ3) is 4.95. The Kier molecular flexibility index (Phi) is 7.09. The number of carbonyl (C=O) groups excluding carboxylic acids is 2. The second-order valence-corrected chi connectivity index (χ2v) is 11.4. The van der Waals surface area contributed by atoms with Gasteiger partial charge in [0.25, 0.3) is 5.91 Å². The highest BCUT2D eigenvalue weighted by molar-refractivity contribution is 9.10. The Morgan fingerprint density at radius 3 is 2.63 bits per heavy atom. The molecule has 35 heavy (non-hydrogen) atoms. The Bertz CT molecular complexity index is 1240. The smallest absolute Gasteiger partial charge is 0.254 e. The lowest BCUT2D eigenvalue weighted by atomic mass is 9.90. The highest BCUT2D eigenvalue weighted by Gasteiger charge is 2.35. The summed E-state index contributed by atoms with van der Waals surface area (Å²) in [4.78, 5) is 34.2. The quantitative estimate of drug-likeness (QED) is 0.451. The number of carbonyl (C=O) groups is 2. The monoisotopic (exact) mass is 551 g/mol. The zero-order valence-corrected chi connectivity index (χ0v) is 22.5. The van der Waals surface area contributed by atoms with Crippen molar-refractivity contribution in [3.05, 3.63) is 91.6 Å². The maximum absolute atomic E-state index is 13.5. The first-order valence-electron chi connectivity index (χ1n) is 12.1. The van der Waals surface area contributed by atoms with Gasteiger partial charge in [-0.2, -0.15) is 0 Å². The molecule has 182 valence electrons. The Hall–Kier alpha value is -2.48. The second-order valence-electron chi connectivity index (χ2n) is 9.48. The molecule has 2 aromatic carbocycles. The summed E-state index contributed by atoms with van der Waals surface area (Å²) in [6.45, 7) is 7.12. The van der Waals surface area contributed by atoms with Crippen molar-refractivity contribution in [1.29, 1.82) is 0 Å². The van der Waals surface area contributed by atoms with Crippen LogP contribution in [0.25, 0.3) is 0 Å². The zero-order valence-electron chi connectivity index (χ0n) is 20.1. The average Bonchev–Trinajstić information content (AvgIpc) is 3.33. The number of aryl methyl sites for hydroxylation is 1. The van der Waals surface area contributed by atoms with Gasteiger partial charge in [0.1, 0.15) is 0 Å². The van der Waals surface area contributed by atoms with Crippen molar-refractivity contribution >= 4 is 39.1 Å². The van der Waals surface area contributed by atoms with Crippen LogP contribution in [0, 0.1) is 6.92 Å². The molecule has 0 saturated carbocycles. The van der Waals surface area contributed by atoms with Crippen LogP contribution in [0.15, 0.2) is 64.5 Å². The first-order chi connectivity index (χ1) is 16.9. The maximum atomic E-state index is 13.5. The van der Waals surface area contributed by atoms with E-state index in [1.165, 1.54) is 21.6 Å². The van der Waals surface area contributed by atoms with E-state index in [4.69, 9.17) is 0 Å². The summed E-state index contributed by atoms with van der Waals surface area (Å²) in [5.41, 5.74) is 4.54. The van der Waals surface area contributed by atoms with Crippen LogP contribution in [0.1, 0.15) is 44.9 Å². The Balaban J connectivity index is 1.29. The van der Waals surface area contributed by atoms with E-state index in [-0.39, 0.29) is 23.9 Å². The highest BCUT2D eigenvalue weighted by atomic mass is 79.9. The van der Waals surface area contributed by atoms with Crippen LogP contribution in [-0.2, 0) is 11.2 Å². The molecule has 1 fully saturated rings. The van der Waals surface area contributed by atoms with Gasteiger partial charge in [-0.25, -0.2) is 0 Å². The van der Waals surface area contributed by atoms with Gasteiger partial charge in [0, 0.05) is 47.1 Å². The van der Waals surface area contributed by atoms with E-state index in [2.05, 4.69) is 63.5 Å². The first kappa shape index (κ1) is 24.2. The lowest BCUT2D eigenvalue weighted by Crippen LogP contribution is -2.57. The molecule has 2 amide bonds. The minimum Gasteiger partial charge on any atom is -0.338 e. The number of hydrogen-bond acceptors (Lipinski definition) is 4. The Morgan fingerprint density at radius 2 is 1.86 bits per heavy atom. The number of fused-ring (bicyclic) bond motifs is 1. The molecule has 5 rings (SSSR count). The highest BCUT2D eigenvalue weighted by Crippen LogP contribution is 2.38. The van der Waals surface area contributed by atoms with Gasteiger partial charge in [-0.3, -0.25) is 14.5 Å². The fraction of sp³-hybridized carbons (Fsp3) is 0.357. The van der Waals surface area contributed by atoms with E-state index < -0.39 is 0 Å². The van der Waals surface area contributed by atoms with E-state index in [0.717, 1.165) is 17.4 Å². The summed E-state index contributed by atoms with van der Waals surface area (Å²) in [6, 6.07) is 18.3. The number of piperazine rings is 1. The molecule has 5 nitrogen and oxygen atoms in total. The lowest BCUT2D eigenvalue weighted by Gasteiger charge is -2.42. The largest absolute Gasteiger partial charge is 0.338 e. The van der Waals surface area contributed by atoms with Crippen LogP contribution < -0.4 is 0 Å². The molecule has 0 N–H and O–H groups in total. The predicted octanol–water partition coefficient (Wildman–Crippen LogP) is 5.14. The third-order valence-corrected chi connectivity index (χ3v) is 8.69. The van der Waals surface area contributed by atoms with Gasteiger partial charge in [0.2, 0.25) is 5.91 Å². The molecule has 2 unspecified atom stereocenters. The fourth-order valence-corrected chi connectivity index (χ4v) is 6.65. The summed E-state index contributed by atoms with van der Waals surface area (Å²) < 4.78 is 0.892. The third-order valence-electron chi connectivity index (χ3n) is 7.20. The number of rotatable bonds is 4. The van der Waals surface area contributed by atoms with Gasteiger partial charge in [-0.15, -0.1) is 11.3 Å². The summed E-state index contributed by atoms with van der Waals surface area (Å²) in [6.07, 6.45) is 0.980. The zero-order chi connectivity index (χ0) is 24.5. The second kappa shape index (κ2) is 10.2. The standard InChI is InChI=1S/C28H30BrN3O2S/c1-19-6-3-4-9-23(19)27-24-11-15-35-25(24)10-12-31(27)18-26(33)30-13-14-32(20(2)17-30)28(34)21-7-5-8-22(29)16-21/h3-9,11,15-16,20,27H,10,12-14,17-18H2,1-2H3. The summed E-state index contributed by atoms with van der Waals surface area (Å²) in [5.74, 6) is 0.162. The van der Waals surface area contributed by atoms with Crippen LogP contribution in [0.5, 0.6) is 0 Å². The maximum Gasteiger partial charge on any atom is 0.254 e. The molecule has 0 spiro atoms.